The van der Waals surface area contributed by atoms with Gasteiger partial charge in [-0.1, -0.05) is 85.6 Å². The monoisotopic (exact) mass is 733 g/mol. The van der Waals surface area contributed by atoms with E-state index >= 15 is 0 Å². The zero-order chi connectivity index (χ0) is 34.2. The SMILES string of the molecule is O=C1c2ccccc2C(=O)N1CCNc1c(OCc2ccccc2)cc2c(c1Br)C[C@H]1C3CCCC[C@@]23CCN1C(=O)OCc1ccccc1. The largest absolute Gasteiger partial charge is 0.487 e. The molecule has 8 rings (SSSR count). The number of hydrogen-bond acceptors (Lipinski definition) is 6. The summed E-state index contributed by atoms with van der Waals surface area (Å²) in [5.74, 6) is 0.533. The average molecular weight is 735 g/mol. The van der Waals surface area contributed by atoms with E-state index in [0.29, 0.717) is 43.2 Å². The van der Waals surface area contributed by atoms with Crippen LogP contribution in [0.1, 0.15) is 75.1 Å². The number of carbonyl (C=O) groups excluding carboxylic acids is 3. The van der Waals surface area contributed by atoms with Crippen LogP contribution in [0, 0.1) is 5.92 Å². The third-order valence-electron chi connectivity index (χ3n) is 11.2. The second-order valence-corrected chi connectivity index (χ2v) is 14.7. The van der Waals surface area contributed by atoms with Crippen LogP contribution in [-0.2, 0) is 29.8 Å². The Balaban J connectivity index is 1.10. The van der Waals surface area contributed by atoms with Crippen molar-refractivity contribution in [3.05, 3.63) is 129 Å². The highest BCUT2D eigenvalue weighted by atomic mass is 79.9. The molecule has 4 aromatic carbocycles. The summed E-state index contributed by atoms with van der Waals surface area (Å²) in [6, 6.07) is 29.2. The molecule has 0 spiro atoms. The number of anilines is 1. The van der Waals surface area contributed by atoms with Crippen molar-refractivity contribution in [3.63, 3.8) is 0 Å². The van der Waals surface area contributed by atoms with E-state index < -0.39 is 0 Å². The van der Waals surface area contributed by atoms with Crippen molar-refractivity contribution in [1.82, 2.24) is 9.80 Å². The van der Waals surface area contributed by atoms with E-state index in [-0.39, 0.29) is 42.5 Å². The number of nitrogens with one attached hydrogen (secondary N) is 1. The molecule has 4 aromatic rings. The zero-order valence-electron chi connectivity index (χ0n) is 27.9. The lowest BCUT2D eigenvalue weighted by atomic mass is 9.52. The summed E-state index contributed by atoms with van der Waals surface area (Å²) in [6.45, 7) is 1.87. The van der Waals surface area contributed by atoms with Gasteiger partial charge in [-0.2, -0.15) is 0 Å². The van der Waals surface area contributed by atoms with Crippen molar-refractivity contribution in [2.45, 2.75) is 63.2 Å². The Morgan fingerprint density at radius 3 is 2.22 bits per heavy atom. The number of benzene rings is 4. The highest BCUT2D eigenvalue weighted by Crippen LogP contribution is 2.58. The first-order valence-electron chi connectivity index (χ1n) is 17.6. The first-order chi connectivity index (χ1) is 24.4. The maximum absolute atomic E-state index is 13.7. The molecule has 2 aliphatic carbocycles. The Hall–Kier alpha value is -4.63. The minimum atomic E-state index is -0.271. The molecule has 0 radical (unpaired) electrons. The molecule has 3 atom stereocenters. The summed E-state index contributed by atoms with van der Waals surface area (Å²) in [7, 11) is 0. The van der Waals surface area contributed by atoms with Gasteiger partial charge in [-0.3, -0.25) is 14.5 Å². The minimum Gasteiger partial charge on any atom is -0.487 e. The number of halogens is 1. The minimum absolute atomic E-state index is 0.0263. The van der Waals surface area contributed by atoms with E-state index in [1.807, 2.05) is 53.4 Å². The van der Waals surface area contributed by atoms with Gasteiger partial charge >= 0.3 is 6.09 Å². The number of hydrogen-bond donors (Lipinski definition) is 1. The molecular formula is C41H40BrN3O5. The van der Waals surface area contributed by atoms with Crippen LogP contribution in [0.2, 0.25) is 0 Å². The second kappa shape index (κ2) is 13.6. The lowest BCUT2D eigenvalue weighted by Gasteiger charge is -2.58. The number of nitrogens with zero attached hydrogens (tertiary/aromatic N) is 2. The molecule has 9 heteroatoms. The van der Waals surface area contributed by atoms with Gasteiger partial charge in [0.05, 0.1) is 16.8 Å². The number of imide groups is 1. The fraction of sp³-hybridized carbons (Fsp3) is 0.341. The third-order valence-corrected chi connectivity index (χ3v) is 12.1. The Morgan fingerprint density at radius 2 is 1.52 bits per heavy atom. The molecule has 1 saturated heterocycles. The Labute approximate surface area is 300 Å². The van der Waals surface area contributed by atoms with Gasteiger partial charge in [-0.15, -0.1) is 0 Å². The molecule has 50 heavy (non-hydrogen) atoms. The highest BCUT2D eigenvalue weighted by Gasteiger charge is 2.56. The Kier molecular flexibility index (Phi) is 8.85. The van der Waals surface area contributed by atoms with Crippen molar-refractivity contribution in [2.75, 3.05) is 25.0 Å². The lowest BCUT2D eigenvalue weighted by molar-refractivity contribution is -0.0138. The smallest absolute Gasteiger partial charge is 0.410 e. The van der Waals surface area contributed by atoms with Crippen molar-refractivity contribution in [1.29, 1.82) is 0 Å². The van der Waals surface area contributed by atoms with E-state index in [1.165, 1.54) is 16.0 Å². The third kappa shape index (κ3) is 5.75. The molecule has 2 bridgehead atoms. The van der Waals surface area contributed by atoms with E-state index in [9.17, 15) is 14.4 Å². The molecule has 2 fully saturated rings. The quantitative estimate of drug-likeness (QED) is 0.175. The van der Waals surface area contributed by atoms with Crippen LogP contribution in [0.4, 0.5) is 10.5 Å². The molecule has 256 valence electrons. The lowest BCUT2D eigenvalue weighted by Crippen LogP contribution is -2.62. The van der Waals surface area contributed by atoms with E-state index in [1.54, 1.807) is 24.3 Å². The van der Waals surface area contributed by atoms with Gasteiger partial charge in [-0.25, -0.2) is 4.79 Å². The number of amides is 3. The molecule has 1 unspecified atom stereocenters. The van der Waals surface area contributed by atoms with Crippen molar-refractivity contribution >= 4 is 39.5 Å². The van der Waals surface area contributed by atoms with E-state index in [4.69, 9.17) is 9.47 Å². The predicted octanol–water partition coefficient (Wildman–Crippen LogP) is 8.13. The van der Waals surface area contributed by atoms with Crippen LogP contribution >= 0.6 is 15.9 Å². The number of fused-ring (bicyclic) bond motifs is 2. The fourth-order valence-corrected chi connectivity index (χ4v) is 9.57. The van der Waals surface area contributed by atoms with Gasteiger partial charge in [0.15, 0.2) is 0 Å². The van der Waals surface area contributed by atoms with Gasteiger partial charge in [0.1, 0.15) is 19.0 Å². The topological polar surface area (TPSA) is 88.2 Å². The summed E-state index contributed by atoms with van der Waals surface area (Å²) in [6.07, 6.45) is 5.78. The predicted molar refractivity (Wildman–Crippen MR) is 194 cm³/mol. The normalized spacial score (nSPS) is 22.0. The summed E-state index contributed by atoms with van der Waals surface area (Å²) >= 11 is 4.02. The van der Waals surface area contributed by atoms with Gasteiger partial charge < -0.3 is 19.7 Å². The fourth-order valence-electron chi connectivity index (χ4n) is 8.86. The van der Waals surface area contributed by atoms with Gasteiger partial charge in [0.25, 0.3) is 11.8 Å². The maximum atomic E-state index is 13.7. The molecule has 0 aromatic heterocycles. The summed E-state index contributed by atoms with van der Waals surface area (Å²) in [4.78, 5) is 43.2. The van der Waals surface area contributed by atoms with Gasteiger partial charge in [0, 0.05) is 35.6 Å². The molecule has 3 amide bonds. The molecule has 2 aliphatic heterocycles. The molecular weight excluding hydrogens is 694 g/mol. The first kappa shape index (κ1) is 32.6. The molecule has 1 saturated carbocycles. The van der Waals surface area contributed by atoms with Gasteiger partial charge in [-0.05, 0) is 88.0 Å². The van der Waals surface area contributed by atoms with Crippen LogP contribution in [0.25, 0.3) is 0 Å². The van der Waals surface area contributed by atoms with Crippen LogP contribution in [-0.4, -0.2) is 53.4 Å². The molecule has 2 heterocycles. The molecule has 4 aliphatic rings. The zero-order valence-corrected chi connectivity index (χ0v) is 29.5. The van der Waals surface area contributed by atoms with Crippen LogP contribution in [0.5, 0.6) is 5.75 Å². The number of rotatable bonds is 9. The number of piperidine rings is 1. The number of carbonyl (C=O) groups is 3. The maximum Gasteiger partial charge on any atom is 0.410 e. The van der Waals surface area contributed by atoms with Crippen molar-refractivity contribution < 1.29 is 23.9 Å². The number of ether oxygens (including phenoxy) is 2. The highest BCUT2D eigenvalue weighted by molar-refractivity contribution is 9.10. The van der Waals surface area contributed by atoms with Crippen LogP contribution in [0.15, 0.2) is 95.5 Å². The van der Waals surface area contributed by atoms with E-state index in [2.05, 4.69) is 39.4 Å². The molecule has 8 nitrogen and oxygen atoms in total. The van der Waals surface area contributed by atoms with Crippen molar-refractivity contribution in [3.8, 4) is 5.75 Å². The standard InChI is InChI=1S/C41H40BrN3O5/c42-36-31-23-34-32-17-9-10-18-41(32,19-21-44(34)40(48)50-26-28-13-5-2-6-14-28)33(31)24-35(49-25-27-11-3-1-4-12-27)37(36)43-20-22-45-38(46)29-15-7-8-16-30(29)39(45)47/h1-8,11-16,24,32,34,43H,9-10,17-23,25-26H2/t32?,34-,41-/m0/s1. The Morgan fingerprint density at radius 1 is 0.860 bits per heavy atom. The van der Waals surface area contributed by atoms with Crippen LogP contribution in [0.3, 0.4) is 0 Å². The average Bonchev–Trinajstić information content (AvgIpc) is 3.40. The Bertz CT molecular complexity index is 1900. The van der Waals surface area contributed by atoms with Gasteiger partial charge in [0.2, 0.25) is 0 Å². The van der Waals surface area contributed by atoms with Crippen molar-refractivity contribution in [2.24, 2.45) is 5.92 Å². The summed E-state index contributed by atoms with van der Waals surface area (Å²) in [5, 5.41) is 3.55. The molecule has 1 N–H and O–H groups in total. The van der Waals surface area contributed by atoms with Crippen LogP contribution < -0.4 is 10.1 Å². The summed E-state index contributed by atoms with van der Waals surface area (Å²) < 4.78 is 13.4. The first-order valence-corrected chi connectivity index (χ1v) is 18.4. The second-order valence-electron chi connectivity index (χ2n) is 13.9. The van der Waals surface area contributed by atoms with E-state index in [0.717, 1.165) is 59.1 Å². The number of likely N-dealkylation sites (tertiary alicyclic amines) is 1. The summed E-state index contributed by atoms with van der Waals surface area (Å²) in [5.41, 5.74) is 6.16.